The van der Waals surface area contributed by atoms with Crippen molar-refractivity contribution in [2.24, 2.45) is 0 Å². The predicted molar refractivity (Wildman–Crippen MR) is 106 cm³/mol. The molecule has 0 aromatic heterocycles. The number of likely N-dealkylation sites (N-methyl/N-ethyl adjacent to an activating group) is 1. The molecule has 0 aliphatic rings. The van der Waals surface area contributed by atoms with Crippen LogP contribution in [0.1, 0.15) is 18.1 Å². The van der Waals surface area contributed by atoms with Gasteiger partial charge in [-0.2, -0.15) is 0 Å². The van der Waals surface area contributed by atoms with E-state index in [1.807, 2.05) is 12.1 Å². The fourth-order valence-corrected chi connectivity index (χ4v) is 3.19. The third kappa shape index (κ3) is 5.13. The number of hydrogen-bond donors (Lipinski definition) is 1. The van der Waals surface area contributed by atoms with Gasteiger partial charge in [0.1, 0.15) is 6.04 Å². The summed E-state index contributed by atoms with van der Waals surface area (Å²) >= 11 is 18.3. The first kappa shape index (κ1) is 20.6. The van der Waals surface area contributed by atoms with Gasteiger partial charge in [-0.05, 0) is 42.3 Å². The summed E-state index contributed by atoms with van der Waals surface area (Å²) in [6.07, 6.45) is 0.00737. The van der Waals surface area contributed by atoms with Crippen LogP contribution in [-0.2, 0) is 22.6 Å². The van der Waals surface area contributed by atoms with Gasteiger partial charge in [-0.3, -0.25) is 9.59 Å². The Morgan fingerprint density at radius 2 is 1.62 bits per heavy atom. The minimum Gasteiger partial charge on any atom is -0.357 e. The van der Waals surface area contributed by atoms with E-state index in [4.69, 9.17) is 34.8 Å². The molecule has 0 aliphatic heterocycles. The van der Waals surface area contributed by atoms with Gasteiger partial charge in [0.25, 0.3) is 0 Å². The van der Waals surface area contributed by atoms with Crippen molar-refractivity contribution in [1.29, 1.82) is 0 Å². The second-order valence-electron chi connectivity index (χ2n) is 5.82. The van der Waals surface area contributed by atoms with Gasteiger partial charge >= 0.3 is 0 Å². The van der Waals surface area contributed by atoms with Gasteiger partial charge in [-0.25, -0.2) is 0 Å². The number of hydrogen-bond acceptors (Lipinski definition) is 2. The fraction of sp³-hybridized carbons (Fsp3) is 0.263. The van der Waals surface area contributed by atoms with Gasteiger partial charge in [-0.15, -0.1) is 0 Å². The Hall–Kier alpha value is -1.75. The molecular formula is C19H19Cl3N2O2. The standard InChI is InChI=1S/C19H19Cl3N2O2/c1-12(19(26)23-2)24(11-13-6-8-14(20)9-7-13)18(25)10-15-16(21)4-3-5-17(15)22/h3-9,12H,10-11H2,1-2H3,(H,23,26). The van der Waals surface area contributed by atoms with E-state index >= 15 is 0 Å². The molecule has 0 saturated carbocycles. The van der Waals surface area contributed by atoms with Crippen molar-refractivity contribution >= 4 is 46.6 Å². The molecule has 0 bridgehead atoms. The first-order chi connectivity index (χ1) is 12.3. The predicted octanol–water partition coefficient (Wildman–Crippen LogP) is 4.35. The van der Waals surface area contributed by atoms with Gasteiger partial charge in [-0.1, -0.05) is 53.0 Å². The minimum absolute atomic E-state index is 0.00737. The van der Waals surface area contributed by atoms with Gasteiger partial charge in [0.2, 0.25) is 11.8 Å². The van der Waals surface area contributed by atoms with E-state index in [0.717, 1.165) is 5.56 Å². The highest BCUT2D eigenvalue weighted by Crippen LogP contribution is 2.26. The molecule has 2 rings (SSSR count). The first-order valence-electron chi connectivity index (χ1n) is 8.02. The SMILES string of the molecule is CNC(=O)C(C)N(Cc1ccc(Cl)cc1)C(=O)Cc1c(Cl)cccc1Cl. The quantitative estimate of drug-likeness (QED) is 0.765. The number of nitrogens with one attached hydrogen (secondary N) is 1. The molecule has 0 aliphatic carbocycles. The molecule has 0 saturated heterocycles. The van der Waals surface area contributed by atoms with Gasteiger partial charge in [0, 0.05) is 28.7 Å². The number of halogens is 3. The van der Waals surface area contributed by atoms with E-state index < -0.39 is 6.04 Å². The van der Waals surface area contributed by atoms with Crippen LogP contribution in [0.15, 0.2) is 42.5 Å². The molecule has 2 amide bonds. The number of rotatable bonds is 6. The molecule has 0 radical (unpaired) electrons. The van der Waals surface area contributed by atoms with Crippen LogP contribution in [0.3, 0.4) is 0 Å². The van der Waals surface area contributed by atoms with Gasteiger partial charge in [0.05, 0.1) is 6.42 Å². The van der Waals surface area contributed by atoms with E-state index in [-0.39, 0.29) is 24.8 Å². The van der Waals surface area contributed by atoms with Crippen molar-refractivity contribution < 1.29 is 9.59 Å². The molecule has 2 aromatic carbocycles. The van der Waals surface area contributed by atoms with Crippen LogP contribution < -0.4 is 5.32 Å². The maximum atomic E-state index is 13.0. The molecule has 0 heterocycles. The Balaban J connectivity index is 2.28. The van der Waals surface area contributed by atoms with Crippen molar-refractivity contribution in [3.05, 3.63) is 68.7 Å². The molecular weight excluding hydrogens is 395 g/mol. The van der Waals surface area contributed by atoms with Crippen LogP contribution in [0, 0.1) is 0 Å². The zero-order valence-electron chi connectivity index (χ0n) is 14.4. The number of nitrogens with zero attached hydrogens (tertiary/aromatic N) is 1. The highest BCUT2D eigenvalue weighted by molar-refractivity contribution is 6.36. The lowest BCUT2D eigenvalue weighted by atomic mass is 10.1. The van der Waals surface area contributed by atoms with Crippen LogP contribution in [0.4, 0.5) is 0 Å². The Labute approximate surface area is 168 Å². The first-order valence-corrected chi connectivity index (χ1v) is 9.15. The molecule has 7 heteroatoms. The van der Waals surface area contributed by atoms with Crippen molar-refractivity contribution in [3.63, 3.8) is 0 Å². The largest absolute Gasteiger partial charge is 0.357 e. The Kier molecular flexibility index (Phi) is 7.33. The highest BCUT2D eigenvalue weighted by atomic mass is 35.5. The highest BCUT2D eigenvalue weighted by Gasteiger charge is 2.26. The van der Waals surface area contributed by atoms with Crippen LogP contribution >= 0.6 is 34.8 Å². The zero-order valence-corrected chi connectivity index (χ0v) is 16.7. The molecule has 1 atom stereocenters. The second-order valence-corrected chi connectivity index (χ2v) is 7.07. The Morgan fingerprint density at radius 3 is 2.15 bits per heavy atom. The number of carbonyl (C=O) groups is 2. The molecule has 1 unspecified atom stereocenters. The monoisotopic (exact) mass is 412 g/mol. The summed E-state index contributed by atoms with van der Waals surface area (Å²) in [7, 11) is 1.54. The van der Waals surface area contributed by atoms with Crippen molar-refractivity contribution in [2.75, 3.05) is 7.05 Å². The van der Waals surface area contributed by atoms with Crippen molar-refractivity contribution in [2.45, 2.75) is 25.9 Å². The van der Waals surface area contributed by atoms with Gasteiger partial charge < -0.3 is 10.2 Å². The van der Waals surface area contributed by atoms with E-state index in [1.165, 1.54) is 11.9 Å². The molecule has 2 aromatic rings. The minimum atomic E-state index is -0.649. The lowest BCUT2D eigenvalue weighted by Gasteiger charge is -2.28. The summed E-state index contributed by atoms with van der Waals surface area (Å²) in [6.45, 7) is 1.95. The maximum Gasteiger partial charge on any atom is 0.242 e. The zero-order chi connectivity index (χ0) is 19.3. The smallest absolute Gasteiger partial charge is 0.242 e. The summed E-state index contributed by atoms with van der Waals surface area (Å²) in [6, 6.07) is 11.6. The molecule has 4 nitrogen and oxygen atoms in total. The average molecular weight is 414 g/mol. The Morgan fingerprint density at radius 1 is 1.04 bits per heavy atom. The molecule has 0 spiro atoms. The van der Waals surface area contributed by atoms with Crippen molar-refractivity contribution in [1.82, 2.24) is 10.2 Å². The maximum absolute atomic E-state index is 13.0. The van der Waals surface area contributed by atoms with Crippen LogP contribution in [0.25, 0.3) is 0 Å². The fourth-order valence-electron chi connectivity index (χ4n) is 2.53. The van der Waals surface area contributed by atoms with E-state index in [0.29, 0.717) is 20.6 Å². The number of benzene rings is 2. The van der Waals surface area contributed by atoms with Crippen LogP contribution in [-0.4, -0.2) is 29.8 Å². The topological polar surface area (TPSA) is 49.4 Å². The summed E-state index contributed by atoms with van der Waals surface area (Å²) < 4.78 is 0. The van der Waals surface area contributed by atoms with E-state index in [9.17, 15) is 9.59 Å². The molecule has 138 valence electrons. The average Bonchev–Trinajstić information content (AvgIpc) is 2.63. The Bertz CT molecular complexity index is 774. The second kappa shape index (κ2) is 9.26. The van der Waals surface area contributed by atoms with Gasteiger partial charge in [0.15, 0.2) is 0 Å². The number of amides is 2. The van der Waals surface area contributed by atoms with Crippen LogP contribution in [0.5, 0.6) is 0 Å². The number of carbonyl (C=O) groups excluding carboxylic acids is 2. The summed E-state index contributed by atoms with van der Waals surface area (Å²) in [5, 5.41) is 4.02. The third-order valence-corrected chi connectivity index (χ3v) is 5.03. The van der Waals surface area contributed by atoms with Crippen LogP contribution in [0.2, 0.25) is 15.1 Å². The van der Waals surface area contributed by atoms with Crippen molar-refractivity contribution in [3.8, 4) is 0 Å². The molecule has 26 heavy (non-hydrogen) atoms. The van der Waals surface area contributed by atoms with E-state index in [2.05, 4.69) is 5.32 Å². The third-order valence-electron chi connectivity index (χ3n) is 4.07. The normalized spacial score (nSPS) is 11.7. The lowest BCUT2D eigenvalue weighted by molar-refractivity contribution is -0.139. The lowest BCUT2D eigenvalue weighted by Crippen LogP contribution is -2.47. The van der Waals surface area contributed by atoms with E-state index in [1.54, 1.807) is 37.3 Å². The summed E-state index contributed by atoms with van der Waals surface area (Å²) in [5.74, 6) is -0.497. The summed E-state index contributed by atoms with van der Waals surface area (Å²) in [4.78, 5) is 26.6. The molecule has 0 fully saturated rings. The summed E-state index contributed by atoms with van der Waals surface area (Å²) in [5.41, 5.74) is 1.41. The molecule has 1 N–H and O–H groups in total.